The second-order valence-electron chi connectivity index (χ2n) is 6.37. The highest BCUT2D eigenvalue weighted by molar-refractivity contribution is 6.03. The predicted molar refractivity (Wildman–Crippen MR) is 114 cm³/mol. The summed E-state index contributed by atoms with van der Waals surface area (Å²) in [5, 5.41) is 22.6. The fourth-order valence-corrected chi connectivity index (χ4v) is 2.46. The number of nitrogens with zero attached hydrogens (tertiary/aromatic N) is 3. The lowest BCUT2D eigenvalue weighted by Crippen LogP contribution is -2.22. The number of benzene rings is 1. The third-order valence-corrected chi connectivity index (χ3v) is 4.01. The van der Waals surface area contributed by atoms with Crippen LogP contribution in [0.5, 0.6) is 0 Å². The molecule has 0 saturated heterocycles. The summed E-state index contributed by atoms with van der Waals surface area (Å²) in [7, 11) is 0. The van der Waals surface area contributed by atoms with Gasteiger partial charge in [0.2, 0.25) is 5.90 Å². The van der Waals surface area contributed by atoms with Crippen molar-refractivity contribution in [3.05, 3.63) is 65.1 Å². The van der Waals surface area contributed by atoms with Crippen LogP contribution in [0.3, 0.4) is 0 Å². The smallest absolute Gasteiger partial charge is 0.405 e. The quantitative estimate of drug-likeness (QED) is 0.193. The summed E-state index contributed by atoms with van der Waals surface area (Å²) in [4.78, 5) is 20.1. The molecule has 0 spiro atoms. The maximum absolute atomic E-state index is 12.6. The van der Waals surface area contributed by atoms with Crippen LogP contribution in [0.4, 0.5) is 30.4 Å². The Labute approximate surface area is 183 Å². The molecular formula is C19H16F3N9O2. The largest absolute Gasteiger partial charge is 0.432 e. The van der Waals surface area contributed by atoms with Crippen LogP contribution in [0.1, 0.15) is 27.4 Å². The number of nitrogen functional groups attached to an aromatic ring is 1. The lowest BCUT2D eigenvalue weighted by atomic mass is 10.2. The van der Waals surface area contributed by atoms with Crippen molar-refractivity contribution < 1.29 is 22.7 Å². The van der Waals surface area contributed by atoms with Crippen LogP contribution >= 0.6 is 0 Å². The summed E-state index contributed by atoms with van der Waals surface area (Å²) in [5.74, 6) is -1.51. The minimum atomic E-state index is -4.68. The first-order valence-electron chi connectivity index (χ1n) is 8.99. The molecule has 2 heterocycles. The van der Waals surface area contributed by atoms with Crippen molar-refractivity contribution in [2.75, 3.05) is 11.1 Å². The Bertz CT molecular complexity index is 1250. The van der Waals surface area contributed by atoms with E-state index in [0.29, 0.717) is 23.0 Å². The van der Waals surface area contributed by atoms with Crippen molar-refractivity contribution in [3.8, 4) is 0 Å². The van der Waals surface area contributed by atoms with Crippen molar-refractivity contribution in [3.63, 3.8) is 0 Å². The third kappa shape index (κ3) is 5.69. The fourth-order valence-electron chi connectivity index (χ4n) is 2.46. The van der Waals surface area contributed by atoms with E-state index in [2.05, 4.69) is 20.4 Å². The molecule has 14 heteroatoms. The Morgan fingerprint density at radius 1 is 1.21 bits per heavy atom. The van der Waals surface area contributed by atoms with Crippen molar-refractivity contribution in [1.29, 1.82) is 10.8 Å². The van der Waals surface area contributed by atoms with Gasteiger partial charge in [-0.15, -0.1) is 0 Å². The zero-order valence-corrected chi connectivity index (χ0v) is 16.6. The Balaban J connectivity index is 1.69. The molecule has 0 radical (unpaired) electrons. The highest BCUT2D eigenvalue weighted by atomic mass is 19.4. The molecule has 33 heavy (non-hydrogen) atoms. The summed E-state index contributed by atoms with van der Waals surface area (Å²) in [6.45, 7) is 0. The van der Waals surface area contributed by atoms with Crippen LogP contribution in [-0.4, -0.2) is 39.2 Å². The van der Waals surface area contributed by atoms with Crippen molar-refractivity contribution in [1.82, 2.24) is 15.2 Å². The van der Waals surface area contributed by atoms with Gasteiger partial charge in [0.1, 0.15) is 17.2 Å². The van der Waals surface area contributed by atoms with Gasteiger partial charge in [0.25, 0.3) is 11.9 Å². The van der Waals surface area contributed by atoms with Gasteiger partial charge in [-0.3, -0.25) is 15.3 Å². The van der Waals surface area contributed by atoms with Crippen LogP contribution in [0.25, 0.3) is 0 Å². The number of hydrogen-bond acceptors (Lipinski definition) is 8. The van der Waals surface area contributed by atoms with Crippen LogP contribution < -0.4 is 16.8 Å². The number of hydrogen-bond donors (Lipinski definition) is 6. The molecule has 11 nitrogen and oxygen atoms in total. The Morgan fingerprint density at radius 3 is 2.64 bits per heavy atom. The topological polar surface area (TPSA) is 192 Å². The Morgan fingerprint density at radius 2 is 1.97 bits per heavy atom. The molecule has 0 saturated carbocycles. The number of carbonyl (C=O) groups is 1. The van der Waals surface area contributed by atoms with Crippen molar-refractivity contribution in [2.24, 2.45) is 10.7 Å². The molecule has 2 aromatic heterocycles. The molecule has 0 aliphatic heterocycles. The van der Waals surface area contributed by atoms with E-state index in [9.17, 15) is 18.0 Å². The number of carbonyl (C=O) groups excluding carboxylic acids is 1. The number of halogens is 3. The van der Waals surface area contributed by atoms with Gasteiger partial charge in [0.05, 0.1) is 5.69 Å². The molecule has 0 aliphatic rings. The summed E-state index contributed by atoms with van der Waals surface area (Å²) in [6.07, 6.45) is -3.63. The molecule has 0 bridgehead atoms. The molecular weight excluding hydrogens is 443 g/mol. The summed E-state index contributed by atoms with van der Waals surface area (Å²) in [5.41, 5.74) is 10.8. The molecule has 170 valence electrons. The van der Waals surface area contributed by atoms with Crippen molar-refractivity contribution >= 4 is 41.2 Å². The molecule has 0 unspecified atom stereocenters. The van der Waals surface area contributed by atoms with E-state index in [1.165, 1.54) is 36.4 Å². The number of aliphatic imine (C=N–C) groups is 1. The number of anilines is 2. The predicted octanol–water partition coefficient (Wildman–Crippen LogP) is 2.64. The van der Waals surface area contributed by atoms with Gasteiger partial charge in [0.15, 0.2) is 5.69 Å². The van der Waals surface area contributed by atoms with Gasteiger partial charge in [-0.1, -0.05) is 6.07 Å². The van der Waals surface area contributed by atoms with Gasteiger partial charge in [0, 0.05) is 23.5 Å². The summed E-state index contributed by atoms with van der Waals surface area (Å²) >= 11 is 0. The average Bonchev–Trinajstić information content (AvgIpc) is 3.26. The maximum Gasteiger partial charge on any atom is 0.432 e. The highest BCUT2D eigenvalue weighted by Gasteiger charge is 2.33. The SMILES string of the molecule is N=Cc1cc(N=C(N)OC(=N)c2cccc(NC(=O)c3cc(C(F)(F)F)[nH]n3)n2)ccc1N. The number of nitrogens with one attached hydrogen (secondary N) is 4. The normalized spacial score (nSPS) is 11.7. The number of alkyl halides is 3. The Kier molecular flexibility index (Phi) is 6.37. The number of aromatic amines is 1. The number of ether oxygens (including phenoxy) is 1. The lowest BCUT2D eigenvalue weighted by molar-refractivity contribution is -0.141. The molecule has 8 N–H and O–H groups in total. The van der Waals surface area contributed by atoms with E-state index in [1.54, 1.807) is 5.10 Å². The molecule has 1 aromatic carbocycles. The number of rotatable bonds is 5. The maximum atomic E-state index is 12.6. The summed E-state index contributed by atoms with van der Waals surface area (Å²) < 4.78 is 43.1. The number of aromatic nitrogens is 3. The summed E-state index contributed by atoms with van der Waals surface area (Å²) in [6, 6.07) is 8.91. The first-order valence-corrected chi connectivity index (χ1v) is 8.99. The van der Waals surface area contributed by atoms with Crippen molar-refractivity contribution in [2.45, 2.75) is 6.18 Å². The second-order valence-corrected chi connectivity index (χ2v) is 6.37. The van der Waals surface area contributed by atoms with Gasteiger partial charge >= 0.3 is 6.18 Å². The van der Waals surface area contributed by atoms with Crippen LogP contribution in [0, 0.1) is 10.8 Å². The van der Waals surface area contributed by atoms with Gasteiger partial charge in [-0.25, -0.2) is 4.98 Å². The van der Waals surface area contributed by atoms with Crippen LogP contribution in [0.15, 0.2) is 47.5 Å². The molecule has 3 aromatic rings. The Hall–Kier alpha value is -4.75. The standard InChI is InChI=1S/C19H16F3N9O2/c20-19(21,22)14-7-13(30-31-14)17(32)29-15-3-1-2-12(28-15)16(25)33-18(26)27-10-4-5-11(24)9(6-10)8-23/h1-8,23,25H,24H2,(H2,26,27)(H,30,31)(H,28,29,32). The van der Waals surface area contributed by atoms with Crippen LogP contribution in [-0.2, 0) is 10.9 Å². The first kappa shape index (κ1) is 22.9. The minimum absolute atomic E-state index is 0.0403. The van der Waals surface area contributed by atoms with E-state index in [1.807, 2.05) is 0 Å². The van der Waals surface area contributed by atoms with E-state index in [0.717, 1.165) is 6.21 Å². The van der Waals surface area contributed by atoms with E-state index in [4.69, 9.17) is 27.0 Å². The molecule has 0 fully saturated rings. The monoisotopic (exact) mass is 459 g/mol. The van der Waals surface area contributed by atoms with E-state index >= 15 is 0 Å². The third-order valence-electron chi connectivity index (χ3n) is 4.01. The number of H-pyrrole nitrogens is 1. The van der Waals surface area contributed by atoms with Gasteiger partial charge < -0.3 is 26.9 Å². The zero-order chi connectivity index (χ0) is 24.2. The lowest BCUT2D eigenvalue weighted by Gasteiger charge is -2.08. The minimum Gasteiger partial charge on any atom is -0.405 e. The second kappa shape index (κ2) is 9.17. The fraction of sp³-hybridized carbons (Fsp3) is 0.0526. The molecule has 1 amide bonds. The first-order chi connectivity index (χ1) is 15.6. The van der Waals surface area contributed by atoms with E-state index in [-0.39, 0.29) is 11.5 Å². The molecule has 3 rings (SSSR count). The number of amidine groups is 1. The zero-order valence-electron chi connectivity index (χ0n) is 16.6. The number of pyridine rings is 1. The van der Waals surface area contributed by atoms with Gasteiger partial charge in [-0.2, -0.15) is 23.3 Å². The highest BCUT2D eigenvalue weighted by Crippen LogP contribution is 2.27. The molecule has 0 aliphatic carbocycles. The average molecular weight is 459 g/mol. The van der Waals surface area contributed by atoms with Gasteiger partial charge in [-0.05, 0) is 30.3 Å². The number of nitrogens with two attached hydrogens (primary N) is 2. The molecule has 0 atom stereocenters. The number of amides is 1. The van der Waals surface area contributed by atoms with Crippen LogP contribution in [0.2, 0.25) is 0 Å². The van der Waals surface area contributed by atoms with E-state index < -0.39 is 35.4 Å².